The molecule has 30 heavy (non-hydrogen) atoms. The number of halogens is 2. The number of carbonyl (C=O) groups is 1. The summed E-state index contributed by atoms with van der Waals surface area (Å²) in [6, 6.07) is 9.55. The number of hydrogen-bond acceptors (Lipinski definition) is 3. The summed E-state index contributed by atoms with van der Waals surface area (Å²) in [6.07, 6.45) is 6.82. The van der Waals surface area contributed by atoms with Crippen LogP contribution < -0.4 is 9.62 Å². The van der Waals surface area contributed by atoms with Crippen LogP contribution >= 0.6 is 0 Å². The van der Waals surface area contributed by atoms with Crippen molar-refractivity contribution in [3.05, 3.63) is 65.2 Å². The Hall–Kier alpha value is -2.48. The minimum atomic E-state index is -3.93. The number of hydrogen-bond donors (Lipinski definition) is 1. The maximum atomic E-state index is 14.1. The van der Waals surface area contributed by atoms with Crippen LogP contribution in [-0.4, -0.2) is 27.1 Å². The van der Waals surface area contributed by atoms with E-state index in [0.29, 0.717) is 27.9 Å². The summed E-state index contributed by atoms with van der Waals surface area (Å²) in [5.74, 6) is -1.59. The Bertz CT molecular complexity index is 968. The summed E-state index contributed by atoms with van der Waals surface area (Å²) in [4.78, 5) is 12.4. The van der Waals surface area contributed by atoms with Gasteiger partial charge < -0.3 is 5.32 Å². The van der Waals surface area contributed by atoms with E-state index in [4.69, 9.17) is 0 Å². The zero-order valence-corrected chi connectivity index (χ0v) is 17.7. The van der Waals surface area contributed by atoms with Crippen LogP contribution in [-0.2, 0) is 16.6 Å². The van der Waals surface area contributed by atoms with Gasteiger partial charge in [0.1, 0.15) is 5.69 Å². The van der Waals surface area contributed by atoms with Crippen molar-refractivity contribution in [2.75, 3.05) is 17.1 Å². The lowest BCUT2D eigenvalue weighted by molar-refractivity contribution is 0.0943. The molecule has 2 aromatic carbocycles. The van der Waals surface area contributed by atoms with E-state index in [0.717, 1.165) is 31.2 Å². The van der Waals surface area contributed by atoms with Gasteiger partial charge in [0.25, 0.3) is 5.91 Å². The number of rotatable bonds is 7. The Morgan fingerprint density at radius 1 is 1.03 bits per heavy atom. The van der Waals surface area contributed by atoms with Crippen LogP contribution in [0, 0.1) is 17.6 Å². The van der Waals surface area contributed by atoms with Gasteiger partial charge in [0, 0.05) is 12.1 Å². The average molecular weight is 437 g/mol. The number of benzene rings is 2. The second-order valence-corrected chi connectivity index (χ2v) is 9.66. The highest BCUT2D eigenvalue weighted by Crippen LogP contribution is 2.27. The van der Waals surface area contributed by atoms with Gasteiger partial charge in [0.2, 0.25) is 10.0 Å². The number of nitrogens with one attached hydrogen (secondary N) is 1. The summed E-state index contributed by atoms with van der Waals surface area (Å²) >= 11 is 0. The Labute approximate surface area is 176 Å². The molecule has 0 unspecified atom stereocenters. The lowest BCUT2D eigenvalue weighted by Gasteiger charge is -2.23. The van der Waals surface area contributed by atoms with E-state index in [1.54, 1.807) is 24.3 Å². The first-order valence-electron chi connectivity index (χ1n) is 10.0. The van der Waals surface area contributed by atoms with Gasteiger partial charge in [-0.15, -0.1) is 0 Å². The van der Waals surface area contributed by atoms with Gasteiger partial charge in [0.15, 0.2) is 11.6 Å². The third-order valence-electron chi connectivity index (χ3n) is 5.41. The Balaban J connectivity index is 1.70. The molecule has 0 aromatic heterocycles. The summed E-state index contributed by atoms with van der Waals surface area (Å²) < 4.78 is 53.3. The highest BCUT2D eigenvalue weighted by Gasteiger charge is 2.24. The maximum absolute atomic E-state index is 14.1. The molecule has 1 fully saturated rings. The largest absolute Gasteiger partial charge is 0.352 e. The van der Waals surface area contributed by atoms with Crippen molar-refractivity contribution in [3.8, 4) is 0 Å². The van der Waals surface area contributed by atoms with E-state index < -0.39 is 27.3 Å². The third kappa shape index (κ3) is 5.56. The van der Waals surface area contributed by atoms with Gasteiger partial charge in [-0.05, 0) is 48.6 Å². The van der Waals surface area contributed by atoms with E-state index >= 15 is 0 Å². The zero-order chi connectivity index (χ0) is 21.7. The van der Waals surface area contributed by atoms with Crippen LogP contribution in [0.5, 0.6) is 0 Å². The molecule has 0 saturated heterocycles. The number of para-hydroxylation sites is 1. The molecule has 162 valence electrons. The molecule has 2 aromatic rings. The summed E-state index contributed by atoms with van der Waals surface area (Å²) in [7, 11) is -3.93. The molecule has 1 amide bonds. The predicted molar refractivity (Wildman–Crippen MR) is 113 cm³/mol. The quantitative estimate of drug-likeness (QED) is 0.706. The molecule has 1 saturated carbocycles. The second kappa shape index (κ2) is 9.55. The van der Waals surface area contributed by atoms with Crippen LogP contribution in [0.3, 0.4) is 0 Å². The number of carbonyl (C=O) groups excluding carboxylic acids is 1. The van der Waals surface area contributed by atoms with Crippen LogP contribution in [0.15, 0.2) is 42.5 Å². The van der Waals surface area contributed by atoms with Crippen molar-refractivity contribution in [1.82, 2.24) is 5.32 Å². The normalized spacial score (nSPS) is 15.0. The van der Waals surface area contributed by atoms with Crippen LogP contribution in [0.1, 0.15) is 48.0 Å². The van der Waals surface area contributed by atoms with Gasteiger partial charge >= 0.3 is 0 Å². The Morgan fingerprint density at radius 3 is 2.20 bits per heavy atom. The molecule has 0 aliphatic heterocycles. The lowest BCUT2D eigenvalue weighted by atomic mass is 9.89. The van der Waals surface area contributed by atoms with Crippen LogP contribution in [0.25, 0.3) is 0 Å². The molecule has 5 nitrogen and oxygen atoms in total. The van der Waals surface area contributed by atoms with Crippen molar-refractivity contribution in [2.45, 2.75) is 38.6 Å². The van der Waals surface area contributed by atoms with Crippen molar-refractivity contribution < 1.29 is 22.0 Å². The van der Waals surface area contributed by atoms with Gasteiger partial charge in [-0.2, -0.15) is 0 Å². The summed E-state index contributed by atoms with van der Waals surface area (Å²) in [6.45, 7) is 0.398. The Morgan fingerprint density at radius 2 is 1.63 bits per heavy atom. The first-order chi connectivity index (χ1) is 14.3. The molecular formula is C22H26F2N2O3S. The van der Waals surface area contributed by atoms with Crippen molar-refractivity contribution >= 4 is 21.6 Å². The minimum Gasteiger partial charge on any atom is -0.352 e. The van der Waals surface area contributed by atoms with Crippen molar-refractivity contribution in [2.24, 2.45) is 5.92 Å². The van der Waals surface area contributed by atoms with Crippen molar-refractivity contribution in [3.63, 3.8) is 0 Å². The summed E-state index contributed by atoms with van der Waals surface area (Å²) in [5.41, 5.74) is 0.346. The molecular weight excluding hydrogens is 410 g/mol. The van der Waals surface area contributed by atoms with Gasteiger partial charge in [0.05, 0.1) is 12.8 Å². The second-order valence-electron chi connectivity index (χ2n) is 7.75. The lowest BCUT2D eigenvalue weighted by Crippen LogP contribution is -2.31. The average Bonchev–Trinajstić information content (AvgIpc) is 2.71. The summed E-state index contributed by atoms with van der Waals surface area (Å²) in [5, 5.41) is 2.95. The number of nitrogens with zero attached hydrogens (tertiary/aromatic N) is 1. The Kier molecular flexibility index (Phi) is 7.07. The molecule has 1 aliphatic rings. The van der Waals surface area contributed by atoms with E-state index in [1.165, 1.54) is 25.3 Å². The molecule has 0 atom stereocenters. The molecule has 0 heterocycles. The fourth-order valence-electron chi connectivity index (χ4n) is 3.75. The molecule has 0 radical (unpaired) electrons. The molecule has 0 bridgehead atoms. The van der Waals surface area contributed by atoms with Crippen molar-refractivity contribution in [1.29, 1.82) is 0 Å². The first kappa shape index (κ1) is 22.2. The standard InChI is InChI=1S/C22H26F2N2O3S/c1-30(28,29)26(21-19(23)8-5-9-20(21)24)15-17-10-12-18(13-11-17)22(27)25-14-16-6-3-2-4-7-16/h5,8-13,16H,2-4,6-7,14-15H2,1H3,(H,25,27). The molecule has 3 rings (SSSR count). The first-order valence-corrected chi connectivity index (χ1v) is 11.9. The maximum Gasteiger partial charge on any atom is 0.251 e. The predicted octanol–water partition coefficient (Wildman–Crippen LogP) is 4.24. The fraction of sp³-hybridized carbons (Fsp3) is 0.409. The number of sulfonamides is 1. The smallest absolute Gasteiger partial charge is 0.251 e. The highest BCUT2D eigenvalue weighted by molar-refractivity contribution is 7.92. The van der Waals surface area contributed by atoms with Gasteiger partial charge in [-0.3, -0.25) is 9.10 Å². The van der Waals surface area contributed by atoms with Gasteiger partial charge in [-0.25, -0.2) is 17.2 Å². The third-order valence-corrected chi connectivity index (χ3v) is 6.52. The van der Waals surface area contributed by atoms with E-state index in [-0.39, 0.29) is 12.5 Å². The SMILES string of the molecule is CS(=O)(=O)N(Cc1ccc(C(=O)NCC2CCCCC2)cc1)c1c(F)cccc1F. The number of anilines is 1. The topological polar surface area (TPSA) is 66.5 Å². The molecule has 8 heteroatoms. The minimum absolute atomic E-state index is 0.188. The van der Waals surface area contributed by atoms with Gasteiger partial charge in [-0.1, -0.05) is 37.5 Å². The van der Waals surface area contributed by atoms with E-state index in [2.05, 4.69) is 5.32 Å². The van der Waals surface area contributed by atoms with E-state index in [9.17, 15) is 22.0 Å². The molecule has 0 spiro atoms. The number of amides is 1. The van der Waals surface area contributed by atoms with E-state index in [1.807, 2.05) is 0 Å². The monoisotopic (exact) mass is 436 g/mol. The highest BCUT2D eigenvalue weighted by atomic mass is 32.2. The van der Waals surface area contributed by atoms with Crippen LogP contribution in [0.4, 0.5) is 14.5 Å². The fourth-order valence-corrected chi connectivity index (χ4v) is 4.64. The van der Waals surface area contributed by atoms with Crippen LogP contribution in [0.2, 0.25) is 0 Å². The zero-order valence-electron chi connectivity index (χ0n) is 16.9. The molecule has 1 aliphatic carbocycles. The molecule has 1 N–H and O–H groups in total.